The van der Waals surface area contributed by atoms with E-state index in [0.717, 1.165) is 6.54 Å². The summed E-state index contributed by atoms with van der Waals surface area (Å²) in [6.45, 7) is 1.86. The van der Waals surface area contributed by atoms with Crippen LogP contribution in [0.4, 0.5) is 17.3 Å². The molecule has 1 amide bonds. The topological polar surface area (TPSA) is 161 Å². The van der Waals surface area contributed by atoms with Crippen molar-refractivity contribution in [2.75, 3.05) is 57.5 Å². The van der Waals surface area contributed by atoms with Crippen LogP contribution in [0.15, 0.2) is 29.5 Å². The highest BCUT2D eigenvalue weighted by atomic mass is 35.5. The van der Waals surface area contributed by atoms with Crippen LogP contribution in [-0.4, -0.2) is 96.2 Å². The van der Waals surface area contributed by atoms with Crippen molar-refractivity contribution in [1.29, 1.82) is 0 Å². The summed E-state index contributed by atoms with van der Waals surface area (Å²) in [5.74, 6) is -0.502. The Balaban J connectivity index is 1.66. The highest BCUT2D eigenvalue weighted by Crippen LogP contribution is 2.35. The van der Waals surface area contributed by atoms with E-state index in [9.17, 15) is 14.7 Å². The van der Waals surface area contributed by atoms with Crippen molar-refractivity contribution in [2.24, 2.45) is 4.99 Å². The number of benzene rings is 1. The zero-order valence-electron chi connectivity index (χ0n) is 20.1. The van der Waals surface area contributed by atoms with E-state index in [1.54, 1.807) is 30.1 Å². The number of fused-ring (bicyclic) bond motifs is 1. The van der Waals surface area contributed by atoms with Crippen LogP contribution in [-0.2, 0) is 9.59 Å². The molecule has 13 heteroatoms. The van der Waals surface area contributed by atoms with E-state index < -0.39 is 18.0 Å². The van der Waals surface area contributed by atoms with Crippen LogP contribution < -0.4 is 20.7 Å². The van der Waals surface area contributed by atoms with E-state index in [2.05, 4.69) is 30.9 Å². The lowest BCUT2D eigenvalue weighted by atomic mass is 10.0. The number of carbonyl (C=O) groups is 2. The number of aliphatic hydroxyl groups excluding tert-OH is 1. The number of amides is 1. The monoisotopic (exact) mass is 519 g/mol. The molecule has 0 saturated carbocycles. The lowest BCUT2D eigenvalue weighted by molar-refractivity contribution is -0.137. The Bertz CT molecular complexity index is 1100. The number of aliphatic imine (C=N–C) groups is 1. The summed E-state index contributed by atoms with van der Waals surface area (Å²) in [5.41, 5.74) is 1.13. The Kier molecular flexibility index (Phi) is 9.94. The molecule has 2 atom stereocenters. The second kappa shape index (κ2) is 13.1. The highest BCUT2D eigenvalue weighted by Gasteiger charge is 2.33. The quantitative estimate of drug-likeness (QED) is 0.182. The number of carbonyl (C=O) groups excluding carboxylic acids is 1. The van der Waals surface area contributed by atoms with Crippen LogP contribution in [0, 0.1) is 0 Å². The maximum absolute atomic E-state index is 12.6. The molecule has 1 aliphatic rings. The van der Waals surface area contributed by atoms with Gasteiger partial charge in [0.1, 0.15) is 42.3 Å². The molecule has 0 radical (unpaired) electrons. The van der Waals surface area contributed by atoms with Crippen molar-refractivity contribution in [3.63, 3.8) is 0 Å². The number of halogens is 1. The molecule has 0 saturated heterocycles. The summed E-state index contributed by atoms with van der Waals surface area (Å²) in [7, 11) is 3.57. The first kappa shape index (κ1) is 27.3. The molecule has 1 aromatic heterocycles. The third-order valence-electron chi connectivity index (χ3n) is 5.33. The molecule has 2 aromatic rings. The Morgan fingerprint density at radius 3 is 2.94 bits per heavy atom. The molecule has 2 heterocycles. The van der Waals surface area contributed by atoms with Gasteiger partial charge in [0, 0.05) is 38.5 Å². The maximum Gasteiger partial charge on any atom is 0.304 e. The van der Waals surface area contributed by atoms with Gasteiger partial charge in [-0.25, -0.2) is 9.97 Å². The van der Waals surface area contributed by atoms with Crippen LogP contribution >= 0.6 is 11.6 Å². The van der Waals surface area contributed by atoms with Gasteiger partial charge in [0.25, 0.3) is 0 Å². The maximum atomic E-state index is 12.6. The number of ether oxygens (including phenoxy) is 1. The fourth-order valence-corrected chi connectivity index (χ4v) is 3.70. The average Bonchev–Trinajstić information content (AvgIpc) is 3.17. The van der Waals surface area contributed by atoms with Crippen molar-refractivity contribution in [2.45, 2.75) is 18.4 Å². The first-order chi connectivity index (χ1) is 17.3. The minimum Gasteiger partial charge on any atom is -0.489 e. The Morgan fingerprint density at radius 2 is 2.19 bits per heavy atom. The standard InChI is InChI=1S/C23H30ClN7O5/c1-25-6-7-26-21-20-16(23(35)30-22(20)29-13-28-21)10-27-14-3-4-17(24)18(9-14)36-12-15(32)11-31(2)8-5-19(33)34/h3-4,9-10,13,15-16,25,32H,5-8,11-12H2,1-2H3,(H,33,34)(H2,26,28,29,30,35). The highest BCUT2D eigenvalue weighted by molar-refractivity contribution is 6.32. The van der Waals surface area contributed by atoms with Crippen molar-refractivity contribution >= 4 is 47.0 Å². The summed E-state index contributed by atoms with van der Waals surface area (Å²) in [6.07, 6.45) is 2.05. The molecule has 36 heavy (non-hydrogen) atoms. The smallest absolute Gasteiger partial charge is 0.304 e. The molecular formula is C23H30ClN7O5. The Hall–Kier alpha value is -3.32. The summed E-state index contributed by atoms with van der Waals surface area (Å²) in [6, 6.07) is 4.91. The molecular weight excluding hydrogens is 490 g/mol. The zero-order chi connectivity index (χ0) is 26.1. The fourth-order valence-electron chi connectivity index (χ4n) is 3.52. The summed E-state index contributed by atoms with van der Waals surface area (Å²) in [5, 5.41) is 28.3. The molecule has 0 bridgehead atoms. The minimum absolute atomic E-state index is 0.0148. The fraction of sp³-hybridized carbons (Fsp3) is 0.435. The predicted molar refractivity (Wildman–Crippen MR) is 137 cm³/mol. The number of carboxylic acids is 1. The number of rotatable bonds is 14. The van der Waals surface area contributed by atoms with Crippen LogP contribution in [0.1, 0.15) is 17.9 Å². The molecule has 0 spiro atoms. The second-order valence-electron chi connectivity index (χ2n) is 8.25. The molecule has 5 N–H and O–H groups in total. The molecule has 194 valence electrons. The van der Waals surface area contributed by atoms with Gasteiger partial charge in [-0.2, -0.15) is 0 Å². The number of likely N-dealkylation sites (N-methyl/N-ethyl adjacent to an activating group) is 2. The van der Waals surface area contributed by atoms with E-state index in [1.807, 2.05) is 7.05 Å². The van der Waals surface area contributed by atoms with Gasteiger partial charge in [-0.15, -0.1) is 0 Å². The first-order valence-corrected chi connectivity index (χ1v) is 11.8. The van der Waals surface area contributed by atoms with E-state index in [4.69, 9.17) is 21.4 Å². The van der Waals surface area contributed by atoms with Crippen molar-refractivity contribution in [3.8, 4) is 5.75 Å². The summed E-state index contributed by atoms with van der Waals surface area (Å²) >= 11 is 6.24. The van der Waals surface area contributed by atoms with E-state index in [-0.39, 0.29) is 25.5 Å². The van der Waals surface area contributed by atoms with Gasteiger partial charge in [0.2, 0.25) is 5.91 Å². The molecule has 3 rings (SSSR count). The molecule has 1 aromatic carbocycles. The number of anilines is 2. The minimum atomic E-state index is -0.899. The summed E-state index contributed by atoms with van der Waals surface area (Å²) in [4.78, 5) is 37.9. The predicted octanol–water partition coefficient (Wildman–Crippen LogP) is 1.35. The lowest BCUT2D eigenvalue weighted by Gasteiger charge is -2.20. The van der Waals surface area contributed by atoms with Crippen LogP contribution in [0.2, 0.25) is 5.02 Å². The molecule has 0 fully saturated rings. The SMILES string of the molecule is CNCCNc1ncnc2c1C(C=Nc1ccc(Cl)c(OCC(O)CN(C)CCC(=O)O)c1)C(=O)N2. The van der Waals surface area contributed by atoms with E-state index in [1.165, 1.54) is 12.5 Å². The number of hydrogen-bond donors (Lipinski definition) is 5. The van der Waals surface area contributed by atoms with Gasteiger partial charge >= 0.3 is 5.97 Å². The number of aliphatic hydroxyl groups is 1. The van der Waals surface area contributed by atoms with Gasteiger partial charge in [-0.1, -0.05) is 11.6 Å². The van der Waals surface area contributed by atoms with Crippen LogP contribution in [0.3, 0.4) is 0 Å². The van der Waals surface area contributed by atoms with Gasteiger partial charge in [0.15, 0.2) is 0 Å². The van der Waals surface area contributed by atoms with E-state index in [0.29, 0.717) is 46.7 Å². The van der Waals surface area contributed by atoms with Crippen molar-refractivity contribution < 1.29 is 24.5 Å². The first-order valence-electron chi connectivity index (χ1n) is 11.4. The molecule has 1 aliphatic heterocycles. The number of aliphatic carboxylic acids is 1. The number of hydrogen-bond acceptors (Lipinski definition) is 10. The largest absolute Gasteiger partial charge is 0.489 e. The Morgan fingerprint density at radius 1 is 1.39 bits per heavy atom. The van der Waals surface area contributed by atoms with Gasteiger partial charge in [-0.3, -0.25) is 14.6 Å². The average molecular weight is 520 g/mol. The van der Waals surface area contributed by atoms with Gasteiger partial charge in [0.05, 0.1) is 22.7 Å². The van der Waals surface area contributed by atoms with Crippen molar-refractivity contribution in [1.82, 2.24) is 20.2 Å². The van der Waals surface area contributed by atoms with Gasteiger partial charge < -0.3 is 35.8 Å². The van der Waals surface area contributed by atoms with E-state index >= 15 is 0 Å². The molecule has 0 aliphatic carbocycles. The summed E-state index contributed by atoms with van der Waals surface area (Å²) < 4.78 is 5.67. The second-order valence-corrected chi connectivity index (χ2v) is 8.65. The van der Waals surface area contributed by atoms with Gasteiger partial charge in [-0.05, 0) is 26.2 Å². The number of aromatic nitrogens is 2. The third-order valence-corrected chi connectivity index (χ3v) is 5.65. The number of carboxylic acid groups (broad SMARTS) is 1. The Labute approximate surface area is 213 Å². The molecule has 12 nitrogen and oxygen atoms in total. The van der Waals surface area contributed by atoms with Crippen LogP contribution in [0.25, 0.3) is 0 Å². The molecule has 2 unspecified atom stereocenters. The van der Waals surface area contributed by atoms with Crippen molar-refractivity contribution in [3.05, 3.63) is 35.1 Å². The lowest BCUT2D eigenvalue weighted by Crippen LogP contribution is -2.34. The third kappa shape index (κ3) is 7.59. The van der Waals surface area contributed by atoms with Crippen LogP contribution in [0.5, 0.6) is 5.75 Å². The zero-order valence-corrected chi connectivity index (χ0v) is 20.8. The number of nitrogens with zero attached hydrogens (tertiary/aromatic N) is 4. The normalized spacial score (nSPS) is 15.7. The number of nitrogens with one attached hydrogen (secondary N) is 3.